The van der Waals surface area contributed by atoms with E-state index in [1.807, 2.05) is 17.9 Å². The van der Waals surface area contributed by atoms with Crippen LogP contribution in [0.1, 0.15) is 18.4 Å². The number of aromatic nitrogens is 4. The van der Waals surface area contributed by atoms with Crippen molar-refractivity contribution in [3.8, 4) is 0 Å². The predicted octanol–water partition coefficient (Wildman–Crippen LogP) is 3.18. The van der Waals surface area contributed by atoms with Crippen LogP contribution in [0.4, 0.5) is 11.8 Å². The number of rotatable bonds is 4. The standard InChI is InChI=1S/C17H19IN6/c1-23-16-14(11-20-23)15(19-10-12-5-4-6-13(18)9-12)21-17(22-16)24-7-2-3-8-24/h4-6,9,11H,2-3,7-8,10H2,1H3,(H,19,21,22). The van der Waals surface area contributed by atoms with E-state index in [1.54, 1.807) is 0 Å². The van der Waals surface area contributed by atoms with Crippen molar-refractivity contribution in [2.75, 3.05) is 23.3 Å². The molecule has 4 rings (SSSR count). The first-order valence-corrected chi connectivity index (χ1v) is 9.21. The summed E-state index contributed by atoms with van der Waals surface area (Å²) in [6.45, 7) is 2.79. The van der Waals surface area contributed by atoms with Crippen molar-refractivity contribution in [3.05, 3.63) is 39.6 Å². The zero-order valence-electron chi connectivity index (χ0n) is 13.5. The Morgan fingerprint density at radius 3 is 2.83 bits per heavy atom. The number of nitrogens with zero attached hydrogens (tertiary/aromatic N) is 5. The summed E-state index contributed by atoms with van der Waals surface area (Å²) in [6.07, 6.45) is 4.25. The van der Waals surface area contributed by atoms with E-state index in [2.05, 4.69) is 62.2 Å². The maximum atomic E-state index is 4.78. The van der Waals surface area contributed by atoms with Gasteiger partial charge in [-0.05, 0) is 53.1 Å². The van der Waals surface area contributed by atoms with Crippen LogP contribution in [0.25, 0.3) is 11.0 Å². The molecule has 124 valence electrons. The van der Waals surface area contributed by atoms with Gasteiger partial charge in [-0.3, -0.25) is 4.68 Å². The first-order valence-electron chi connectivity index (χ1n) is 8.14. The molecule has 1 saturated heterocycles. The molecule has 1 aliphatic heterocycles. The summed E-state index contributed by atoms with van der Waals surface area (Å²) >= 11 is 2.33. The van der Waals surface area contributed by atoms with Gasteiger partial charge in [0.15, 0.2) is 5.65 Å². The van der Waals surface area contributed by atoms with E-state index >= 15 is 0 Å². The zero-order chi connectivity index (χ0) is 16.5. The molecule has 6 nitrogen and oxygen atoms in total. The van der Waals surface area contributed by atoms with Crippen LogP contribution < -0.4 is 10.2 Å². The van der Waals surface area contributed by atoms with Crippen molar-refractivity contribution in [1.29, 1.82) is 0 Å². The lowest BCUT2D eigenvalue weighted by Crippen LogP contribution is -2.21. The minimum Gasteiger partial charge on any atom is -0.365 e. The molecule has 3 heterocycles. The average Bonchev–Trinajstić information content (AvgIpc) is 3.23. The molecule has 24 heavy (non-hydrogen) atoms. The van der Waals surface area contributed by atoms with Gasteiger partial charge in [-0.15, -0.1) is 0 Å². The highest BCUT2D eigenvalue weighted by atomic mass is 127. The smallest absolute Gasteiger partial charge is 0.229 e. The highest BCUT2D eigenvalue weighted by molar-refractivity contribution is 14.1. The van der Waals surface area contributed by atoms with Crippen molar-refractivity contribution >= 4 is 45.4 Å². The van der Waals surface area contributed by atoms with Crippen LogP contribution in [-0.4, -0.2) is 32.8 Å². The third kappa shape index (κ3) is 3.04. The van der Waals surface area contributed by atoms with Crippen LogP contribution in [0.3, 0.4) is 0 Å². The molecular weight excluding hydrogens is 415 g/mol. The first-order chi connectivity index (χ1) is 11.7. The van der Waals surface area contributed by atoms with Gasteiger partial charge in [-0.2, -0.15) is 15.1 Å². The third-order valence-corrected chi connectivity index (χ3v) is 4.99. The van der Waals surface area contributed by atoms with Crippen LogP contribution in [0.5, 0.6) is 0 Å². The van der Waals surface area contributed by atoms with Gasteiger partial charge in [0.1, 0.15) is 5.82 Å². The lowest BCUT2D eigenvalue weighted by atomic mass is 10.2. The van der Waals surface area contributed by atoms with Gasteiger partial charge in [0.25, 0.3) is 0 Å². The molecular formula is C17H19IN6. The second-order valence-corrected chi connectivity index (χ2v) is 7.30. The molecule has 0 spiro atoms. The fourth-order valence-corrected chi connectivity index (χ4v) is 3.64. The van der Waals surface area contributed by atoms with Gasteiger partial charge in [0.05, 0.1) is 11.6 Å². The number of aryl methyl sites for hydroxylation is 1. The van der Waals surface area contributed by atoms with E-state index in [0.29, 0.717) is 0 Å². The summed E-state index contributed by atoms with van der Waals surface area (Å²) in [7, 11) is 1.92. The maximum Gasteiger partial charge on any atom is 0.229 e. The molecule has 0 bridgehead atoms. The minimum absolute atomic E-state index is 0.733. The highest BCUT2D eigenvalue weighted by Crippen LogP contribution is 2.25. The number of fused-ring (bicyclic) bond motifs is 1. The molecule has 1 N–H and O–H groups in total. The quantitative estimate of drug-likeness (QED) is 0.640. The molecule has 0 saturated carbocycles. The molecule has 0 radical (unpaired) electrons. The first kappa shape index (κ1) is 15.6. The molecule has 1 aromatic carbocycles. The fourth-order valence-electron chi connectivity index (χ4n) is 3.04. The summed E-state index contributed by atoms with van der Waals surface area (Å²) in [4.78, 5) is 11.8. The Balaban J connectivity index is 1.67. The molecule has 1 fully saturated rings. The average molecular weight is 434 g/mol. The number of halogens is 1. The molecule has 0 aliphatic carbocycles. The Labute approximate surface area is 154 Å². The Morgan fingerprint density at radius 1 is 1.21 bits per heavy atom. The van der Waals surface area contributed by atoms with Gasteiger partial charge in [-0.1, -0.05) is 12.1 Å². The molecule has 0 atom stereocenters. The van der Waals surface area contributed by atoms with Crippen LogP contribution in [0, 0.1) is 3.57 Å². The minimum atomic E-state index is 0.733. The predicted molar refractivity (Wildman–Crippen MR) is 104 cm³/mol. The van der Waals surface area contributed by atoms with Crippen LogP contribution >= 0.6 is 22.6 Å². The molecule has 1 aliphatic rings. The number of nitrogens with one attached hydrogen (secondary N) is 1. The van der Waals surface area contributed by atoms with Gasteiger partial charge in [0, 0.05) is 30.3 Å². The van der Waals surface area contributed by atoms with Crippen molar-refractivity contribution in [1.82, 2.24) is 19.7 Å². The highest BCUT2D eigenvalue weighted by Gasteiger charge is 2.18. The number of anilines is 2. The van der Waals surface area contributed by atoms with E-state index in [0.717, 1.165) is 42.4 Å². The molecule has 7 heteroatoms. The second kappa shape index (κ2) is 6.54. The van der Waals surface area contributed by atoms with Crippen molar-refractivity contribution in [2.45, 2.75) is 19.4 Å². The largest absolute Gasteiger partial charge is 0.365 e. The molecule has 3 aromatic rings. The van der Waals surface area contributed by atoms with E-state index in [9.17, 15) is 0 Å². The normalized spacial score (nSPS) is 14.5. The lowest BCUT2D eigenvalue weighted by Gasteiger charge is -2.17. The monoisotopic (exact) mass is 434 g/mol. The van der Waals surface area contributed by atoms with Gasteiger partial charge in [0.2, 0.25) is 5.95 Å². The number of benzene rings is 1. The summed E-state index contributed by atoms with van der Waals surface area (Å²) in [5, 5.41) is 8.79. The van der Waals surface area contributed by atoms with Crippen LogP contribution in [-0.2, 0) is 13.6 Å². The number of hydrogen-bond acceptors (Lipinski definition) is 5. The van der Waals surface area contributed by atoms with Gasteiger partial charge < -0.3 is 10.2 Å². The topological polar surface area (TPSA) is 58.9 Å². The lowest BCUT2D eigenvalue weighted by molar-refractivity contribution is 0.782. The SMILES string of the molecule is Cn1ncc2c(NCc3cccc(I)c3)nc(N3CCCC3)nc21. The second-order valence-electron chi connectivity index (χ2n) is 6.06. The maximum absolute atomic E-state index is 4.78. The van der Waals surface area contributed by atoms with E-state index in [-0.39, 0.29) is 0 Å². The van der Waals surface area contributed by atoms with Crippen molar-refractivity contribution in [2.24, 2.45) is 7.05 Å². The third-order valence-electron chi connectivity index (χ3n) is 4.32. The van der Waals surface area contributed by atoms with Crippen molar-refractivity contribution < 1.29 is 0 Å². The fraction of sp³-hybridized carbons (Fsp3) is 0.353. The van der Waals surface area contributed by atoms with Gasteiger partial charge >= 0.3 is 0 Å². The molecule has 2 aromatic heterocycles. The Kier molecular flexibility index (Phi) is 4.26. The van der Waals surface area contributed by atoms with E-state index < -0.39 is 0 Å². The summed E-state index contributed by atoms with van der Waals surface area (Å²) in [5.41, 5.74) is 2.11. The van der Waals surface area contributed by atoms with Crippen LogP contribution in [0.15, 0.2) is 30.5 Å². The summed E-state index contributed by atoms with van der Waals surface area (Å²) < 4.78 is 3.05. The van der Waals surface area contributed by atoms with Gasteiger partial charge in [-0.25, -0.2) is 0 Å². The van der Waals surface area contributed by atoms with E-state index in [1.165, 1.54) is 22.0 Å². The molecule has 0 unspecified atom stereocenters. The Morgan fingerprint density at radius 2 is 2.04 bits per heavy atom. The van der Waals surface area contributed by atoms with Crippen LogP contribution in [0.2, 0.25) is 0 Å². The van der Waals surface area contributed by atoms with Crippen molar-refractivity contribution in [3.63, 3.8) is 0 Å². The zero-order valence-corrected chi connectivity index (χ0v) is 15.7. The summed E-state index contributed by atoms with van der Waals surface area (Å²) in [6, 6.07) is 8.47. The van der Waals surface area contributed by atoms with E-state index in [4.69, 9.17) is 9.97 Å². The number of hydrogen-bond donors (Lipinski definition) is 1. The molecule has 0 amide bonds. The Hall–Kier alpha value is -1.90. The summed E-state index contributed by atoms with van der Waals surface area (Å²) in [5.74, 6) is 1.66. The Bertz CT molecular complexity index is 869.